The van der Waals surface area contributed by atoms with E-state index < -0.39 is 27.4 Å². The van der Waals surface area contributed by atoms with Gasteiger partial charge in [-0.1, -0.05) is 17.4 Å². The standard InChI is InChI=1S/C12H12F2N4O3S2/c1-18(2)23(20,21)8-5-3-4-7(6-8)10(19)15-12-17-16-11(22-12)9(13)14/h3-6,9H,1-2H3,(H,15,17,19). The molecule has 0 fully saturated rings. The molecule has 2 aromatic rings. The molecule has 1 amide bonds. The zero-order valence-corrected chi connectivity index (χ0v) is 13.7. The number of amides is 1. The average Bonchev–Trinajstić information content (AvgIpc) is 2.96. The second-order valence-corrected chi connectivity index (χ2v) is 7.68. The number of anilines is 1. The number of hydrogen-bond acceptors (Lipinski definition) is 6. The lowest BCUT2D eigenvalue weighted by atomic mass is 10.2. The van der Waals surface area contributed by atoms with Gasteiger partial charge in [0, 0.05) is 19.7 Å². The zero-order chi connectivity index (χ0) is 17.2. The predicted molar refractivity (Wildman–Crippen MR) is 80.1 cm³/mol. The van der Waals surface area contributed by atoms with E-state index in [9.17, 15) is 22.0 Å². The topological polar surface area (TPSA) is 92.3 Å². The SMILES string of the molecule is CN(C)S(=O)(=O)c1cccc(C(=O)Nc2nnc(C(F)F)s2)c1. The van der Waals surface area contributed by atoms with Crippen molar-refractivity contribution in [3.63, 3.8) is 0 Å². The molecule has 1 N–H and O–H groups in total. The maximum absolute atomic E-state index is 12.4. The Hall–Kier alpha value is -1.98. The van der Waals surface area contributed by atoms with Crippen LogP contribution in [-0.2, 0) is 10.0 Å². The molecule has 1 aromatic heterocycles. The molecule has 0 saturated carbocycles. The highest BCUT2D eigenvalue weighted by Gasteiger charge is 2.20. The molecule has 11 heteroatoms. The van der Waals surface area contributed by atoms with E-state index in [2.05, 4.69) is 15.5 Å². The summed E-state index contributed by atoms with van der Waals surface area (Å²) < 4.78 is 49.9. The third-order valence-corrected chi connectivity index (χ3v) is 5.38. The molecule has 0 aliphatic rings. The Balaban J connectivity index is 2.23. The number of alkyl halides is 2. The molecule has 0 atom stereocenters. The first-order chi connectivity index (χ1) is 10.7. The van der Waals surface area contributed by atoms with Crippen molar-refractivity contribution in [1.82, 2.24) is 14.5 Å². The zero-order valence-electron chi connectivity index (χ0n) is 12.0. The van der Waals surface area contributed by atoms with Crippen molar-refractivity contribution in [3.05, 3.63) is 34.8 Å². The fourth-order valence-corrected chi connectivity index (χ4v) is 3.09. The number of nitrogens with zero attached hydrogens (tertiary/aromatic N) is 3. The molecule has 0 saturated heterocycles. The van der Waals surface area contributed by atoms with E-state index in [4.69, 9.17) is 0 Å². The van der Waals surface area contributed by atoms with Crippen molar-refractivity contribution in [2.24, 2.45) is 0 Å². The highest BCUT2D eigenvalue weighted by atomic mass is 32.2. The van der Waals surface area contributed by atoms with Gasteiger partial charge in [-0.05, 0) is 18.2 Å². The van der Waals surface area contributed by atoms with Crippen LogP contribution in [0, 0.1) is 0 Å². The smallest absolute Gasteiger partial charge is 0.291 e. The highest BCUT2D eigenvalue weighted by Crippen LogP contribution is 2.25. The van der Waals surface area contributed by atoms with Crippen LogP contribution in [0.15, 0.2) is 29.2 Å². The van der Waals surface area contributed by atoms with Crippen LogP contribution in [0.4, 0.5) is 13.9 Å². The number of hydrogen-bond donors (Lipinski definition) is 1. The number of nitrogens with one attached hydrogen (secondary N) is 1. The molecular formula is C12H12F2N4O3S2. The molecule has 1 heterocycles. The number of benzene rings is 1. The summed E-state index contributed by atoms with van der Waals surface area (Å²) in [6.45, 7) is 0. The molecule has 0 bridgehead atoms. The van der Waals surface area contributed by atoms with Crippen LogP contribution < -0.4 is 5.32 Å². The Bertz CT molecular complexity index is 821. The summed E-state index contributed by atoms with van der Waals surface area (Å²) in [4.78, 5) is 12.0. The van der Waals surface area contributed by atoms with Gasteiger partial charge >= 0.3 is 0 Å². The van der Waals surface area contributed by atoms with E-state index >= 15 is 0 Å². The molecule has 124 valence electrons. The van der Waals surface area contributed by atoms with E-state index in [0.29, 0.717) is 11.3 Å². The molecular weight excluding hydrogens is 350 g/mol. The summed E-state index contributed by atoms with van der Waals surface area (Å²) in [6.07, 6.45) is -2.77. The maximum atomic E-state index is 12.4. The minimum atomic E-state index is -3.68. The van der Waals surface area contributed by atoms with Crippen LogP contribution in [0.2, 0.25) is 0 Å². The number of rotatable bonds is 5. The van der Waals surface area contributed by atoms with Crippen molar-refractivity contribution in [3.8, 4) is 0 Å². The molecule has 0 radical (unpaired) electrons. The van der Waals surface area contributed by atoms with Gasteiger partial charge in [0.25, 0.3) is 12.3 Å². The minimum Gasteiger partial charge on any atom is -0.296 e. The van der Waals surface area contributed by atoms with Gasteiger partial charge in [-0.25, -0.2) is 21.5 Å². The van der Waals surface area contributed by atoms with Gasteiger partial charge in [0.05, 0.1) is 4.90 Å². The van der Waals surface area contributed by atoms with Gasteiger partial charge in [0.1, 0.15) is 0 Å². The Kier molecular flexibility index (Phi) is 5.02. The summed E-state index contributed by atoms with van der Waals surface area (Å²) in [7, 11) is -0.944. The van der Waals surface area contributed by atoms with E-state index in [1.54, 1.807) is 0 Å². The van der Waals surface area contributed by atoms with E-state index in [1.165, 1.54) is 38.4 Å². The Morgan fingerprint density at radius 3 is 2.57 bits per heavy atom. The normalized spacial score (nSPS) is 11.9. The minimum absolute atomic E-state index is 0.0549. The van der Waals surface area contributed by atoms with Crippen molar-refractivity contribution in [1.29, 1.82) is 0 Å². The molecule has 0 unspecified atom stereocenters. The van der Waals surface area contributed by atoms with Gasteiger partial charge in [-0.15, -0.1) is 10.2 Å². The fourth-order valence-electron chi connectivity index (χ4n) is 1.55. The second-order valence-electron chi connectivity index (χ2n) is 4.52. The van der Waals surface area contributed by atoms with Crippen molar-refractivity contribution in [2.45, 2.75) is 11.3 Å². The lowest BCUT2D eigenvalue weighted by Crippen LogP contribution is -2.22. The summed E-state index contributed by atoms with van der Waals surface area (Å²) in [5.41, 5.74) is 0.0571. The second kappa shape index (κ2) is 6.64. The summed E-state index contributed by atoms with van der Waals surface area (Å²) in [5.74, 6) is -0.669. The predicted octanol–water partition coefficient (Wildman–Crippen LogP) is 1.98. The molecule has 0 aliphatic carbocycles. The molecule has 7 nitrogen and oxygen atoms in total. The van der Waals surface area contributed by atoms with Gasteiger partial charge in [-0.3, -0.25) is 10.1 Å². The maximum Gasteiger partial charge on any atom is 0.291 e. The van der Waals surface area contributed by atoms with Crippen LogP contribution in [0.5, 0.6) is 0 Å². The number of sulfonamides is 1. The lowest BCUT2D eigenvalue weighted by Gasteiger charge is -2.12. The summed E-state index contributed by atoms with van der Waals surface area (Å²) in [6, 6.07) is 5.36. The van der Waals surface area contributed by atoms with Crippen LogP contribution in [0.3, 0.4) is 0 Å². The molecule has 0 spiro atoms. The summed E-state index contributed by atoms with van der Waals surface area (Å²) >= 11 is 0.548. The summed E-state index contributed by atoms with van der Waals surface area (Å²) in [5, 5.41) is 8.38. The van der Waals surface area contributed by atoms with Crippen LogP contribution in [0.1, 0.15) is 21.8 Å². The highest BCUT2D eigenvalue weighted by molar-refractivity contribution is 7.89. The van der Waals surface area contributed by atoms with E-state index in [0.717, 1.165) is 4.31 Å². The van der Waals surface area contributed by atoms with Crippen LogP contribution in [0.25, 0.3) is 0 Å². The first-order valence-corrected chi connectivity index (χ1v) is 8.43. The molecule has 23 heavy (non-hydrogen) atoms. The largest absolute Gasteiger partial charge is 0.296 e. The quantitative estimate of drug-likeness (QED) is 0.878. The number of aromatic nitrogens is 2. The third-order valence-electron chi connectivity index (χ3n) is 2.72. The average molecular weight is 362 g/mol. The number of halogens is 2. The monoisotopic (exact) mass is 362 g/mol. The first kappa shape index (κ1) is 17.4. The Morgan fingerprint density at radius 1 is 1.30 bits per heavy atom. The van der Waals surface area contributed by atoms with Gasteiger partial charge < -0.3 is 0 Å². The lowest BCUT2D eigenvalue weighted by molar-refractivity contribution is 0.102. The third kappa shape index (κ3) is 3.86. The van der Waals surface area contributed by atoms with Gasteiger partial charge in [0.2, 0.25) is 15.2 Å². The van der Waals surface area contributed by atoms with E-state index in [-0.39, 0.29) is 15.6 Å². The van der Waals surface area contributed by atoms with Gasteiger partial charge in [-0.2, -0.15) is 0 Å². The van der Waals surface area contributed by atoms with Crippen molar-refractivity contribution < 1.29 is 22.0 Å². The number of carbonyl (C=O) groups excluding carboxylic acids is 1. The Morgan fingerprint density at radius 2 is 2.00 bits per heavy atom. The van der Waals surface area contributed by atoms with Crippen molar-refractivity contribution >= 4 is 32.4 Å². The molecule has 1 aromatic carbocycles. The number of carbonyl (C=O) groups is 1. The molecule has 0 aliphatic heterocycles. The first-order valence-electron chi connectivity index (χ1n) is 6.17. The fraction of sp³-hybridized carbons (Fsp3) is 0.250. The van der Waals surface area contributed by atoms with E-state index in [1.807, 2.05) is 0 Å². The van der Waals surface area contributed by atoms with Crippen molar-refractivity contribution in [2.75, 3.05) is 19.4 Å². The Labute approximate surface area is 135 Å². The van der Waals surface area contributed by atoms with Crippen LogP contribution >= 0.6 is 11.3 Å². The van der Waals surface area contributed by atoms with Crippen LogP contribution in [-0.4, -0.2) is 42.9 Å². The molecule has 2 rings (SSSR count). The van der Waals surface area contributed by atoms with Gasteiger partial charge in [0.15, 0.2) is 5.01 Å².